The maximum absolute atomic E-state index is 12.8. The van der Waals surface area contributed by atoms with Crippen molar-refractivity contribution >= 4 is 11.6 Å². The Morgan fingerprint density at radius 2 is 1.88 bits per heavy atom. The summed E-state index contributed by atoms with van der Waals surface area (Å²) < 4.78 is 1.50. The number of rotatable bonds is 6. The fourth-order valence-electron chi connectivity index (χ4n) is 5.00. The van der Waals surface area contributed by atoms with Crippen LogP contribution in [-0.4, -0.2) is 32.6 Å². The Labute approximate surface area is 192 Å². The molecular weight excluding hydrogens is 416 g/mol. The topological polar surface area (TPSA) is 96.2 Å². The predicted octanol–water partition coefficient (Wildman–Crippen LogP) is 2.77. The Morgan fingerprint density at radius 3 is 2.67 bits per heavy atom. The number of benzene rings is 2. The molecule has 2 aromatic carbocycles. The second-order valence-corrected chi connectivity index (χ2v) is 8.92. The molecule has 33 heavy (non-hydrogen) atoms. The van der Waals surface area contributed by atoms with Crippen molar-refractivity contribution in [3.05, 3.63) is 94.2 Å². The summed E-state index contributed by atoms with van der Waals surface area (Å²) in [6.45, 7) is 0. The first-order valence-corrected chi connectivity index (χ1v) is 11.5. The first-order valence-electron chi connectivity index (χ1n) is 11.5. The summed E-state index contributed by atoms with van der Waals surface area (Å²) in [7, 11) is 0. The lowest BCUT2D eigenvalue weighted by Crippen LogP contribution is -2.35. The van der Waals surface area contributed by atoms with Crippen LogP contribution in [0.25, 0.3) is 0 Å². The second-order valence-electron chi connectivity index (χ2n) is 8.92. The van der Waals surface area contributed by atoms with E-state index in [0.717, 1.165) is 24.8 Å². The van der Waals surface area contributed by atoms with Gasteiger partial charge >= 0.3 is 0 Å². The Morgan fingerprint density at radius 1 is 1.09 bits per heavy atom. The number of anilines is 1. The fourth-order valence-corrected chi connectivity index (χ4v) is 5.00. The molecule has 1 amide bonds. The van der Waals surface area contributed by atoms with Crippen molar-refractivity contribution in [2.45, 2.75) is 56.3 Å². The van der Waals surface area contributed by atoms with Gasteiger partial charge in [-0.2, -0.15) is 0 Å². The zero-order chi connectivity index (χ0) is 22.8. The van der Waals surface area contributed by atoms with Gasteiger partial charge in [-0.1, -0.05) is 42.5 Å². The zero-order valence-electron chi connectivity index (χ0n) is 18.4. The lowest BCUT2D eigenvalue weighted by molar-refractivity contribution is -0.119. The van der Waals surface area contributed by atoms with Crippen LogP contribution >= 0.6 is 0 Å². The summed E-state index contributed by atoms with van der Waals surface area (Å²) in [6.07, 6.45) is 5.02. The van der Waals surface area contributed by atoms with Crippen LogP contribution in [0.5, 0.6) is 0 Å². The number of hydrogen-bond acceptors (Lipinski definition) is 5. The number of carbonyl (C=O) groups is 1. The zero-order valence-corrected chi connectivity index (χ0v) is 18.4. The van der Waals surface area contributed by atoms with Gasteiger partial charge in [0.2, 0.25) is 5.91 Å². The Balaban J connectivity index is 1.17. The standard InChI is InChI=1S/C26H28N4O3/c31-24-14-15-27-23-13-12-22(30(23)24)26(33)29-19-8-6-17(7-9-19)16-20-10-11-21(28-20)25(32)18-4-2-1-3-5-18/h1-9,14-15,20-22,25,28,32H,10-13,16H2,(H,29,33)/t20?,21-,22+,25-/m1/s1. The lowest BCUT2D eigenvalue weighted by Gasteiger charge is -2.20. The van der Waals surface area contributed by atoms with Crippen LogP contribution in [0.4, 0.5) is 5.69 Å². The minimum atomic E-state index is -0.517. The predicted molar refractivity (Wildman–Crippen MR) is 126 cm³/mol. The van der Waals surface area contributed by atoms with Gasteiger partial charge in [0.15, 0.2) is 0 Å². The van der Waals surface area contributed by atoms with Gasteiger partial charge in [0.1, 0.15) is 11.9 Å². The molecule has 5 rings (SSSR count). The van der Waals surface area contributed by atoms with Crippen LogP contribution in [0.3, 0.4) is 0 Å². The van der Waals surface area contributed by atoms with Gasteiger partial charge in [-0.05, 0) is 48.9 Å². The van der Waals surface area contributed by atoms with Crippen molar-refractivity contribution in [1.82, 2.24) is 14.9 Å². The molecular formula is C26H28N4O3. The van der Waals surface area contributed by atoms with Crippen molar-refractivity contribution in [2.75, 3.05) is 5.32 Å². The Kier molecular flexibility index (Phi) is 6.07. The van der Waals surface area contributed by atoms with Gasteiger partial charge in [0.25, 0.3) is 5.56 Å². The molecule has 0 saturated carbocycles. The molecule has 7 nitrogen and oxygen atoms in total. The Hall–Kier alpha value is -3.29. The molecule has 3 heterocycles. The smallest absolute Gasteiger partial charge is 0.254 e. The average Bonchev–Trinajstić information content (AvgIpc) is 3.49. The largest absolute Gasteiger partial charge is 0.387 e. The van der Waals surface area contributed by atoms with Crippen molar-refractivity contribution in [3.8, 4) is 0 Å². The molecule has 1 saturated heterocycles. The molecule has 1 aromatic heterocycles. The number of aromatic nitrogens is 2. The molecule has 1 fully saturated rings. The first-order chi connectivity index (χ1) is 16.1. The van der Waals surface area contributed by atoms with Gasteiger partial charge in [0.05, 0.1) is 6.10 Å². The van der Waals surface area contributed by atoms with Crippen LogP contribution in [0.1, 0.15) is 48.4 Å². The summed E-state index contributed by atoms with van der Waals surface area (Å²) >= 11 is 0. The summed E-state index contributed by atoms with van der Waals surface area (Å²) in [5.74, 6) is 0.476. The van der Waals surface area contributed by atoms with E-state index in [1.165, 1.54) is 22.4 Å². The van der Waals surface area contributed by atoms with Crippen LogP contribution in [0.2, 0.25) is 0 Å². The molecule has 4 atom stereocenters. The molecule has 0 aliphatic carbocycles. The quantitative estimate of drug-likeness (QED) is 0.543. The van der Waals surface area contributed by atoms with Crippen LogP contribution in [-0.2, 0) is 17.6 Å². The van der Waals surface area contributed by atoms with E-state index in [4.69, 9.17) is 0 Å². The maximum Gasteiger partial charge on any atom is 0.254 e. The summed E-state index contributed by atoms with van der Waals surface area (Å²) in [6, 6.07) is 18.9. The average molecular weight is 445 g/mol. The fraction of sp³-hybridized carbons (Fsp3) is 0.346. The third-order valence-corrected chi connectivity index (χ3v) is 6.71. The molecule has 2 aliphatic heterocycles. The number of fused-ring (bicyclic) bond motifs is 1. The van der Waals surface area contributed by atoms with E-state index in [2.05, 4.69) is 15.6 Å². The third-order valence-electron chi connectivity index (χ3n) is 6.71. The van der Waals surface area contributed by atoms with Crippen molar-refractivity contribution < 1.29 is 9.90 Å². The Bertz CT molecular complexity index is 1180. The maximum atomic E-state index is 12.8. The highest BCUT2D eigenvalue weighted by Crippen LogP contribution is 2.27. The SMILES string of the molecule is O=C(Nc1ccc(CC2CC[C@H]([C@H](O)c3ccccc3)N2)cc1)[C@@H]1CCc2nccc(=O)n21. The summed E-state index contributed by atoms with van der Waals surface area (Å²) in [4.78, 5) is 29.1. The number of aliphatic hydroxyl groups is 1. The second kappa shape index (κ2) is 9.29. The van der Waals surface area contributed by atoms with E-state index in [9.17, 15) is 14.7 Å². The first kappa shape index (κ1) is 21.6. The molecule has 3 aromatic rings. The molecule has 2 aliphatic rings. The monoisotopic (exact) mass is 444 g/mol. The van der Waals surface area contributed by atoms with E-state index in [-0.39, 0.29) is 17.5 Å². The third kappa shape index (κ3) is 4.60. The number of aryl methyl sites for hydroxylation is 1. The molecule has 0 bridgehead atoms. The number of nitrogens with zero attached hydrogens (tertiary/aromatic N) is 2. The summed E-state index contributed by atoms with van der Waals surface area (Å²) in [5, 5.41) is 17.2. The van der Waals surface area contributed by atoms with Gasteiger partial charge in [0, 0.05) is 36.5 Å². The molecule has 1 unspecified atom stereocenters. The summed E-state index contributed by atoms with van der Waals surface area (Å²) in [5.41, 5.74) is 2.64. The number of hydrogen-bond donors (Lipinski definition) is 3. The van der Waals surface area contributed by atoms with E-state index >= 15 is 0 Å². The molecule has 7 heteroatoms. The van der Waals surface area contributed by atoms with Gasteiger partial charge < -0.3 is 15.7 Å². The number of carbonyl (C=O) groups excluding carboxylic acids is 1. The minimum Gasteiger partial charge on any atom is -0.387 e. The molecule has 3 N–H and O–H groups in total. The number of nitrogens with one attached hydrogen (secondary N) is 2. The van der Waals surface area contributed by atoms with E-state index < -0.39 is 12.1 Å². The van der Waals surface area contributed by atoms with Crippen LogP contribution in [0.15, 0.2) is 71.7 Å². The van der Waals surface area contributed by atoms with Gasteiger partial charge in [-0.3, -0.25) is 14.2 Å². The van der Waals surface area contributed by atoms with E-state index in [1.54, 1.807) is 0 Å². The van der Waals surface area contributed by atoms with Crippen molar-refractivity contribution in [2.24, 2.45) is 0 Å². The van der Waals surface area contributed by atoms with E-state index in [0.29, 0.717) is 30.4 Å². The van der Waals surface area contributed by atoms with Crippen molar-refractivity contribution in [1.29, 1.82) is 0 Å². The normalized spacial score (nSPS) is 22.6. The lowest BCUT2D eigenvalue weighted by atomic mass is 10.0. The number of aliphatic hydroxyl groups excluding tert-OH is 1. The van der Waals surface area contributed by atoms with Crippen LogP contribution in [0, 0.1) is 0 Å². The van der Waals surface area contributed by atoms with Crippen LogP contribution < -0.4 is 16.2 Å². The minimum absolute atomic E-state index is 0.0585. The highest BCUT2D eigenvalue weighted by atomic mass is 16.3. The highest BCUT2D eigenvalue weighted by Gasteiger charge is 2.31. The number of amides is 1. The molecule has 170 valence electrons. The highest BCUT2D eigenvalue weighted by molar-refractivity contribution is 5.94. The molecule has 0 spiro atoms. The van der Waals surface area contributed by atoms with Gasteiger partial charge in [-0.25, -0.2) is 4.98 Å². The van der Waals surface area contributed by atoms with E-state index in [1.807, 2.05) is 54.6 Å². The van der Waals surface area contributed by atoms with Crippen molar-refractivity contribution in [3.63, 3.8) is 0 Å². The molecule has 0 radical (unpaired) electrons. The van der Waals surface area contributed by atoms with Gasteiger partial charge in [-0.15, -0.1) is 0 Å².